The van der Waals surface area contributed by atoms with Gasteiger partial charge in [-0.15, -0.1) is 12.4 Å². The van der Waals surface area contributed by atoms with Gasteiger partial charge in [-0.1, -0.05) is 6.92 Å². The topological polar surface area (TPSA) is 17.8 Å². The zero-order valence-electron chi connectivity index (χ0n) is 5.96. The third kappa shape index (κ3) is 2.74. The van der Waals surface area contributed by atoms with Gasteiger partial charge in [0.25, 0.3) is 0 Å². The van der Waals surface area contributed by atoms with Crippen molar-refractivity contribution in [2.24, 2.45) is 0 Å². The summed E-state index contributed by atoms with van der Waals surface area (Å²) in [5.41, 5.74) is 0. The second kappa shape index (κ2) is 4.66. The summed E-state index contributed by atoms with van der Waals surface area (Å²) >= 11 is 0. The summed E-state index contributed by atoms with van der Waals surface area (Å²) in [6.07, 6.45) is 5.81. The van der Waals surface area contributed by atoms with Crippen LogP contribution in [0.5, 0.6) is 0 Å². The first-order chi connectivity index (χ1) is 3.93. The molecule has 0 unspecified atom stereocenters. The Kier molecular flexibility index (Phi) is 4.56. The van der Waals surface area contributed by atoms with E-state index in [0.29, 0.717) is 0 Å². The van der Waals surface area contributed by atoms with Crippen molar-refractivity contribution in [2.45, 2.75) is 19.9 Å². The van der Waals surface area contributed by atoms with Crippen LogP contribution < -0.4 is 18.9 Å². The van der Waals surface area contributed by atoms with E-state index >= 15 is 0 Å². The van der Waals surface area contributed by atoms with Gasteiger partial charge >= 0.3 is 18.9 Å². The summed E-state index contributed by atoms with van der Waals surface area (Å²) in [7, 11) is 0. The van der Waals surface area contributed by atoms with Crippen LogP contribution in [0.2, 0.25) is 0 Å². The van der Waals surface area contributed by atoms with Crippen molar-refractivity contribution < 1.29 is 18.9 Å². The molecule has 0 saturated heterocycles. The fraction of sp³-hybridized carbons (Fsp3) is 0.500. The molecular weight excluding hydrogens is 107 g/mol. The second-order valence-electron chi connectivity index (χ2n) is 1.68. The fourth-order valence-electron chi connectivity index (χ4n) is 0.601. The van der Waals surface area contributed by atoms with E-state index in [1.54, 1.807) is 10.9 Å². The van der Waals surface area contributed by atoms with Crippen LogP contribution in [0, 0.1) is 6.20 Å². The van der Waals surface area contributed by atoms with Gasteiger partial charge in [-0.05, 0) is 6.42 Å². The number of aromatic nitrogens is 2. The van der Waals surface area contributed by atoms with Crippen molar-refractivity contribution in [3.63, 3.8) is 0 Å². The third-order valence-electron chi connectivity index (χ3n) is 0.940. The smallest absolute Gasteiger partial charge is 0.376 e. The van der Waals surface area contributed by atoms with Crippen LogP contribution in [-0.2, 0) is 6.54 Å². The first kappa shape index (κ1) is 8.81. The van der Waals surface area contributed by atoms with E-state index in [-0.39, 0.29) is 18.9 Å². The quantitative estimate of drug-likeness (QED) is 0.326. The molecule has 1 heterocycles. The van der Waals surface area contributed by atoms with Crippen LogP contribution in [0.1, 0.15) is 13.3 Å². The van der Waals surface area contributed by atoms with Crippen LogP contribution in [0.25, 0.3) is 0 Å². The fourth-order valence-corrected chi connectivity index (χ4v) is 0.601. The summed E-state index contributed by atoms with van der Waals surface area (Å²) in [6.45, 7) is 3.10. The summed E-state index contributed by atoms with van der Waals surface area (Å²) in [6, 6.07) is 1.82. The zero-order chi connectivity index (χ0) is 5.82. The van der Waals surface area contributed by atoms with Crippen LogP contribution >= 0.6 is 0 Å². The predicted octanol–water partition coefficient (Wildman–Crippen LogP) is -1.90. The van der Waals surface area contributed by atoms with Crippen molar-refractivity contribution in [1.82, 2.24) is 9.78 Å². The molecule has 0 bridgehead atoms. The van der Waals surface area contributed by atoms with Gasteiger partial charge in [0.05, 0.1) is 0 Å². The number of nitrogens with zero attached hydrogens (tertiary/aromatic N) is 2. The Balaban J connectivity index is 0.000000640. The average Bonchev–Trinajstić information content (AvgIpc) is 2.19. The van der Waals surface area contributed by atoms with Crippen molar-refractivity contribution in [3.05, 3.63) is 18.5 Å². The molecule has 0 aliphatic carbocycles. The number of hydrogen-bond acceptors (Lipinski definition) is 1. The molecule has 0 aliphatic heterocycles. The van der Waals surface area contributed by atoms with Gasteiger partial charge in [0.2, 0.25) is 0 Å². The molecule has 1 aromatic heterocycles. The molecule has 0 N–H and O–H groups in total. The maximum Gasteiger partial charge on any atom is 1.00 e. The minimum atomic E-state index is 0. The monoisotopic (exact) mass is 116 g/mol. The molecule has 0 aliphatic rings. The zero-order valence-corrected chi connectivity index (χ0v) is 5.96. The molecule has 0 spiro atoms. The Labute approximate surface area is 67.4 Å². The Morgan fingerprint density at radius 3 is 2.89 bits per heavy atom. The van der Waals surface area contributed by atoms with Gasteiger partial charge in [0, 0.05) is 6.54 Å². The first-order valence-electron chi connectivity index (χ1n) is 2.83. The molecule has 0 fully saturated rings. The van der Waals surface area contributed by atoms with Gasteiger partial charge in [-0.2, -0.15) is 6.07 Å². The Morgan fingerprint density at radius 2 is 2.44 bits per heavy atom. The minimum Gasteiger partial charge on any atom is -0.376 e. The van der Waals surface area contributed by atoms with Crippen molar-refractivity contribution in [1.29, 1.82) is 0 Å². The summed E-state index contributed by atoms with van der Waals surface area (Å²) in [5, 5.41) is 3.97. The summed E-state index contributed by atoms with van der Waals surface area (Å²) in [4.78, 5) is 0. The maximum atomic E-state index is 3.97. The molecule has 0 aromatic carbocycles. The number of rotatable bonds is 2. The molecule has 9 heavy (non-hydrogen) atoms. The van der Waals surface area contributed by atoms with Crippen molar-refractivity contribution >= 4 is 0 Å². The van der Waals surface area contributed by atoms with E-state index in [9.17, 15) is 0 Å². The van der Waals surface area contributed by atoms with E-state index < -0.39 is 0 Å². The molecule has 0 saturated carbocycles. The van der Waals surface area contributed by atoms with Gasteiger partial charge in [-0.3, -0.25) is 5.10 Å². The van der Waals surface area contributed by atoms with Gasteiger partial charge in [-0.25, -0.2) is 0 Å². The van der Waals surface area contributed by atoms with Gasteiger partial charge < -0.3 is 4.68 Å². The molecular formula is C6H9LiN2. The number of aryl methyl sites for hydroxylation is 1. The Morgan fingerprint density at radius 1 is 1.67 bits per heavy atom. The summed E-state index contributed by atoms with van der Waals surface area (Å²) < 4.78 is 1.81. The minimum absolute atomic E-state index is 0. The molecule has 1 aromatic rings. The largest absolute Gasteiger partial charge is 1.00 e. The molecule has 44 valence electrons. The Hall–Kier alpha value is -0.193. The van der Waals surface area contributed by atoms with Gasteiger partial charge in [0.1, 0.15) is 0 Å². The predicted molar refractivity (Wildman–Crippen MR) is 31.4 cm³/mol. The standard InChI is InChI=1S/C6H9N2.Li/c1-2-5-8-6-3-4-7-8;/h3-4H,2,5H2,1H3;/q-1;+1. The van der Waals surface area contributed by atoms with E-state index in [0.717, 1.165) is 13.0 Å². The molecule has 0 radical (unpaired) electrons. The van der Waals surface area contributed by atoms with Crippen LogP contribution in [0.15, 0.2) is 12.3 Å². The second-order valence-corrected chi connectivity index (χ2v) is 1.68. The van der Waals surface area contributed by atoms with Crippen molar-refractivity contribution in [2.75, 3.05) is 0 Å². The molecule has 1 rings (SSSR count). The molecule has 0 amide bonds. The Bertz CT molecular complexity index is 137. The van der Waals surface area contributed by atoms with Crippen molar-refractivity contribution in [3.8, 4) is 0 Å². The van der Waals surface area contributed by atoms with E-state index in [1.807, 2.05) is 6.07 Å². The van der Waals surface area contributed by atoms with E-state index in [2.05, 4.69) is 18.2 Å². The summed E-state index contributed by atoms with van der Waals surface area (Å²) in [5.74, 6) is 0. The number of hydrogen-bond donors (Lipinski definition) is 0. The maximum absolute atomic E-state index is 3.97. The molecule has 3 heteroatoms. The normalized spacial score (nSPS) is 8.56. The molecule has 0 atom stereocenters. The first-order valence-corrected chi connectivity index (χ1v) is 2.83. The molecule has 2 nitrogen and oxygen atoms in total. The van der Waals surface area contributed by atoms with E-state index in [4.69, 9.17) is 0 Å². The average molecular weight is 116 g/mol. The van der Waals surface area contributed by atoms with Crippen LogP contribution in [0.3, 0.4) is 0 Å². The van der Waals surface area contributed by atoms with Crippen LogP contribution in [-0.4, -0.2) is 9.78 Å². The van der Waals surface area contributed by atoms with Gasteiger partial charge in [0.15, 0.2) is 0 Å². The third-order valence-corrected chi connectivity index (χ3v) is 0.940. The van der Waals surface area contributed by atoms with Crippen LogP contribution in [0.4, 0.5) is 0 Å². The van der Waals surface area contributed by atoms with E-state index in [1.165, 1.54) is 0 Å². The SMILES string of the molecule is CCCn1[c-]ccn1.[Li+].